The molecule has 1 amide bonds. The molecule has 5 nitrogen and oxygen atoms in total. The van der Waals surface area contributed by atoms with Crippen molar-refractivity contribution in [2.75, 3.05) is 18.2 Å². The second-order valence-electron chi connectivity index (χ2n) is 7.47. The highest BCUT2D eigenvalue weighted by molar-refractivity contribution is 7.21. The Morgan fingerprint density at radius 1 is 0.909 bits per heavy atom. The lowest BCUT2D eigenvalue weighted by Gasteiger charge is -2.10. The summed E-state index contributed by atoms with van der Waals surface area (Å²) in [5, 5.41) is 3.71. The molecule has 0 atom stereocenters. The van der Waals surface area contributed by atoms with Gasteiger partial charge in [-0.15, -0.1) is 11.3 Å². The highest BCUT2D eigenvalue weighted by atomic mass is 32.1. The highest BCUT2D eigenvalue weighted by Crippen LogP contribution is 2.41. The maximum Gasteiger partial charge on any atom is 0.268 e. The summed E-state index contributed by atoms with van der Waals surface area (Å²) in [6, 6.07) is 29.3. The van der Waals surface area contributed by atoms with Gasteiger partial charge in [-0.25, -0.2) is 4.98 Å². The van der Waals surface area contributed by atoms with Crippen LogP contribution in [0.2, 0.25) is 0 Å². The number of fused-ring (bicyclic) bond motifs is 1. The number of nitrogens with zero attached hydrogens (tertiary/aromatic N) is 1. The fraction of sp³-hybridized carbons (Fsp3) is 0.0370. The molecule has 0 radical (unpaired) electrons. The molecule has 2 aromatic heterocycles. The number of carbonyl (C=O) groups is 1. The van der Waals surface area contributed by atoms with Crippen LogP contribution in [0.15, 0.2) is 91.0 Å². The van der Waals surface area contributed by atoms with E-state index in [4.69, 9.17) is 15.5 Å². The van der Waals surface area contributed by atoms with Crippen LogP contribution in [-0.4, -0.2) is 18.0 Å². The average molecular weight is 452 g/mol. The molecular formula is C27H21N3O2S. The van der Waals surface area contributed by atoms with Gasteiger partial charge in [-0.05, 0) is 29.3 Å². The van der Waals surface area contributed by atoms with E-state index >= 15 is 0 Å². The number of nitrogen functional groups attached to an aromatic ring is 1. The third kappa shape index (κ3) is 3.92. The molecule has 0 aliphatic heterocycles. The van der Waals surface area contributed by atoms with E-state index in [0.29, 0.717) is 22.0 Å². The fourth-order valence-corrected chi connectivity index (χ4v) is 4.83. The van der Waals surface area contributed by atoms with Crippen molar-refractivity contribution in [3.05, 3.63) is 95.9 Å². The van der Waals surface area contributed by atoms with E-state index in [2.05, 4.69) is 5.32 Å². The number of rotatable bonds is 5. The summed E-state index contributed by atoms with van der Waals surface area (Å²) >= 11 is 1.29. The van der Waals surface area contributed by atoms with Crippen LogP contribution in [0, 0.1) is 0 Å². The van der Waals surface area contributed by atoms with Crippen LogP contribution in [-0.2, 0) is 0 Å². The van der Waals surface area contributed by atoms with Crippen molar-refractivity contribution in [2.24, 2.45) is 0 Å². The summed E-state index contributed by atoms with van der Waals surface area (Å²) in [5.41, 5.74) is 11.4. The Morgan fingerprint density at radius 2 is 1.55 bits per heavy atom. The number of nitrogens with two attached hydrogens (primary N) is 1. The number of para-hydroxylation sites is 2. The summed E-state index contributed by atoms with van der Waals surface area (Å²) in [5.74, 6) is 0.292. The molecule has 5 rings (SSSR count). The predicted molar refractivity (Wildman–Crippen MR) is 136 cm³/mol. The number of anilines is 2. The number of thiophene rings is 1. The van der Waals surface area contributed by atoms with Crippen LogP contribution in [0.1, 0.15) is 9.67 Å². The SMILES string of the molecule is COc1ccccc1NC(=O)c1sc2nc(-c3ccccc3)cc(-c3ccccc3)c2c1N. The normalized spacial score (nSPS) is 10.8. The molecule has 6 heteroatoms. The third-order valence-electron chi connectivity index (χ3n) is 5.41. The van der Waals surface area contributed by atoms with Gasteiger partial charge >= 0.3 is 0 Å². The van der Waals surface area contributed by atoms with E-state index in [9.17, 15) is 4.79 Å². The van der Waals surface area contributed by atoms with Gasteiger partial charge in [0.05, 0.1) is 24.2 Å². The zero-order chi connectivity index (χ0) is 22.8. The first-order chi connectivity index (χ1) is 16.2. The van der Waals surface area contributed by atoms with E-state index in [1.165, 1.54) is 11.3 Å². The minimum atomic E-state index is -0.291. The van der Waals surface area contributed by atoms with Gasteiger partial charge in [0.2, 0.25) is 0 Å². The topological polar surface area (TPSA) is 77.2 Å². The minimum absolute atomic E-state index is 0.291. The third-order valence-corrected chi connectivity index (χ3v) is 6.51. The molecule has 0 spiro atoms. The molecule has 2 heterocycles. The molecule has 162 valence electrons. The summed E-state index contributed by atoms with van der Waals surface area (Å²) in [7, 11) is 1.57. The van der Waals surface area contributed by atoms with E-state index in [-0.39, 0.29) is 5.91 Å². The van der Waals surface area contributed by atoms with Gasteiger partial charge in [0.15, 0.2) is 0 Å². The lowest BCUT2D eigenvalue weighted by Crippen LogP contribution is -2.12. The molecule has 0 fully saturated rings. The van der Waals surface area contributed by atoms with Gasteiger partial charge in [-0.1, -0.05) is 72.8 Å². The van der Waals surface area contributed by atoms with Crippen molar-refractivity contribution in [2.45, 2.75) is 0 Å². The number of hydrogen-bond donors (Lipinski definition) is 2. The first-order valence-corrected chi connectivity index (χ1v) is 11.3. The molecular weight excluding hydrogens is 430 g/mol. The van der Waals surface area contributed by atoms with Crippen molar-refractivity contribution in [3.63, 3.8) is 0 Å². The van der Waals surface area contributed by atoms with Gasteiger partial charge in [-0.3, -0.25) is 4.79 Å². The summed E-state index contributed by atoms with van der Waals surface area (Å²) < 4.78 is 5.36. The Balaban J connectivity index is 1.66. The Morgan fingerprint density at radius 3 is 2.24 bits per heavy atom. The zero-order valence-electron chi connectivity index (χ0n) is 17.9. The predicted octanol–water partition coefficient (Wildman–Crippen LogP) is 6.47. The Kier molecular flexibility index (Phi) is 5.50. The van der Waals surface area contributed by atoms with Crippen LogP contribution < -0.4 is 15.8 Å². The quantitative estimate of drug-likeness (QED) is 0.321. The van der Waals surface area contributed by atoms with Gasteiger partial charge in [-0.2, -0.15) is 0 Å². The number of ether oxygens (including phenoxy) is 1. The van der Waals surface area contributed by atoms with Gasteiger partial charge in [0.1, 0.15) is 15.5 Å². The van der Waals surface area contributed by atoms with Gasteiger partial charge < -0.3 is 15.8 Å². The maximum absolute atomic E-state index is 13.2. The van der Waals surface area contributed by atoms with Crippen molar-refractivity contribution in [1.82, 2.24) is 4.98 Å². The molecule has 0 unspecified atom stereocenters. The molecule has 0 aliphatic rings. The number of benzene rings is 3. The number of methoxy groups -OCH3 is 1. The van der Waals surface area contributed by atoms with Crippen molar-refractivity contribution < 1.29 is 9.53 Å². The van der Waals surface area contributed by atoms with Crippen LogP contribution >= 0.6 is 11.3 Å². The molecule has 3 N–H and O–H groups in total. The van der Waals surface area contributed by atoms with E-state index in [1.807, 2.05) is 78.9 Å². The van der Waals surface area contributed by atoms with E-state index in [0.717, 1.165) is 32.6 Å². The summed E-state index contributed by atoms with van der Waals surface area (Å²) in [4.78, 5) is 19.2. The minimum Gasteiger partial charge on any atom is -0.495 e. The number of nitrogens with one attached hydrogen (secondary N) is 1. The average Bonchev–Trinajstić information content (AvgIpc) is 3.21. The van der Waals surface area contributed by atoms with Crippen molar-refractivity contribution >= 4 is 38.8 Å². The number of amides is 1. The Labute approximate surface area is 195 Å². The van der Waals surface area contributed by atoms with Crippen molar-refractivity contribution in [1.29, 1.82) is 0 Å². The number of carbonyl (C=O) groups excluding carboxylic acids is 1. The van der Waals surface area contributed by atoms with Gasteiger partial charge in [0, 0.05) is 10.9 Å². The lowest BCUT2D eigenvalue weighted by molar-refractivity contribution is 0.103. The number of hydrogen-bond acceptors (Lipinski definition) is 5. The van der Waals surface area contributed by atoms with E-state index in [1.54, 1.807) is 19.2 Å². The first-order valence-electron chi connectivity index (χ1n) is 10.4. The highest BCUT2D eigenvalue weighted by Gasteiger charge is 2.22. The molecule has 0 aliphatic carbocycles. The molecule has 0 bridgehead atoms. The van der Waals surface area contributed by atoms with E-state index < -0.39 is 0 Å². The molecule has 5 aromatic rings. The molecule has 0 saturated heterocycles. The Bertz CT molecular complexity index is 1450. The molecule has 0 saturated carbocycles. The zero-order valence-corrected chi connectivity index (χ0v) is 18.7. The molecule has 3 aromatic carbocycles. The Hall–Kier alpha value is -4.16. The lowest BCUT2D eigenvalue weighted by atomic mass is 9.99. The monoisotopic (exact) mass is 451 g/mol. The van der Waals surface area contributed by atoms with Crippen LogP contribution in [0.4, 0.5) is 11.4 Å². The molecule has 33 heavy (non-hydrogen) atoms. The standard InChI is InChI=1S/C27H21N3O2S/c1-32-22-15-9-8-14-20(22)29-26(31)25-24(28)23-19(17-10-4-2-5-11-17)16-21(30-27(23)33-25)18-12-6-3-7-13-18/h2-16H,28H2,1H3,(H,29,31). The van der Waals surface area contributed by atoms with Crippen molar-refractivity contribution in [3.8, 4) is 28.1 Å². The van der Waals surface area contributed by atoms with Crippen LogP contribution in [0.3, 0.4) is 0 Å². The summed E-state index contributed by atoms with van der Waals surface area (Å²) in [6.45, 7) is 0. The van der Waals surface area contributed by atoms with Crippen LogP contribution in [0.5, 0.6) is 5.75 Å². The number of aromatic nitrogens is 1. The maximum atomic E-state index is 13.2. The number of pyridine rings is 1. The fourth-order valence-electron chi connectivity index (χ4n) is 3.82. The second-order valence-corrected chi connectivity index (χ2v) is 8.47. The largest absolute Gasteiger partial charge is 0.495 e. The van der Waals surface area contributed by atoms with Gasteiger partial charge in [0.25, 0.3) is 5.91 Å². The summed E-state index contributed by atoms with van der Waals surface area (Å²) in [6.07, 6.45) is 0. The first kappa shape index (κ1) is 20.7. The van der Waals surface area contributed by atoms with Crippen LogP contribution in [0.25, 0.3) is 32.6 Å². The second kappa shape index (κ2) is 8.76. The smallest absolute Gasteiger partial charge is 0.268 e.